The maximum absolute atomic E-state index is 12.8. The second-order valence-electron chi connectivity index (χ2n) is 5.97. The average Bonchev–Trinajstić information content (AvgIpc) is 3.19. The Morgan fingerprint density at radius 1 is 1.14 bits per heavy atom. The molecule has 2 aromatic heterocycles. The summed E-state index contributed by atoms with van der Waals surface area (Å²) < 4.78 is 49.5. The molecule has 0 amide bonds. The Morgan fingerprint density at radius 2 is 2.04 bits per heavy atom. The molecule has 3 heterocycles. The number of alkyl halides is 3. The molecule has 1 atom stereocenters. The Balaban J connectivity index is 1.53. The summed E-state index contributed by atoms with van der Waals surface area (Å²) >= 11 is 1.49. The fourth-order valence-corrected chi connectivity index (χ4v) is 3.60. The van der Waals surface area contributed by atoms with Crippen molar-refractivity contribution in [1.82, 2.24) is 15.0 Å². The predicted octanol–water partition coefficient (Wildman–Crippen LogP) is 4.45. The summed E-state index contributed by atoms with van der Waals surface area (Å²) in [6.45, 7) is 1.59. The second kappa shape index (κ2) is 7.82. The number of aromatic nitrogens is 3. The first kappa shape index (κ1) is 18.8. The fraction of sp³-hybridized carbons (Fsp3) is 0.278. The molecule has 0 aliphatic carbocycles. The lowest BCUT2D eigenvalue weighted by atomic mass is 10.2. The monoisotopic (exact) mass is 408 g/mol. The van der Waals surface area contributed by atoms with E-state index in [-0.39, 0.29) is 12.1 Å². The van der Waals surface area contributed by atoms with Gasteiger partial charge >= 0.3 is 6.18 Å². The third-order valence-electron chi connectivity index (χ3n) is 3.96. The minimum absolute atomic E-state index is 0.121. The Hall–Kier alpha value is -2.56. The normalized spacial score (nSPS) is 17.5. The summed E-state index contributed by atoms with van der Waals surface area (Å²) in [5.74, 6) is -0.121. The van der Waals surface area contributed by atoms with E-state index in [4.69, 9.17) is 9.47 Å². The zero-order valence-electron chi connectivity index (χ0n) is 14.4. The molecule has 1 aliphatic rings. The van der Waals surface area contributed by atoms with Gasteiger partial charge in [-0.05, 0) is 23.8 Å². The van der Waals surface area contributed by atoms with E-state index >= 15 is 0 Å². The van der Waals surface area contributed by atoms with Crippen LogP contribution in [0.25, 0.3) is 10.4 Å². The number of nitrogens with one attached hydrogen (secondary N) is 1. The van der Waals surface area contributed by atoms with Gasteiger partial charge in [-0.15, -0.1) is 11.3 Å². The van der Waals surface area contributed by atoms with Crippen molar-refractivity contribution in [1.29, 1.82) is 0 Å². The van der Waals surface area contributed by atoms with Crippen molar-refractivity contribution >= 4 is 23.0 Å². The zero-order valence-corrected chi connectivity index (χ0v) is 15.3. The summed E-state index contributed by atoms with van der Waals surface area (Å²) in [6.07, 6.45) is -1.88. The van der Waals surface area contributed by atoms with E-state index in [9.17, 15) is 13.2 Å². The van der Waals surface area contributed by atoms with Crippen LogP contribution >= 0.6 is 11.3 Å². The molecule has 0 saturated carbocycles. The van der Waals surface area contributed by atoms with Crippen LogP contribution in [-0.4, -0.2) is 34.8 Å². The maximum Gasteiger partial charge on any atom is 0.433 e. The van der Waals surface area contributed by atoms with Gasteiger partial charge in [0.1, 0.15) is 16.8 Å². The number of hydrogen-bond donors (Lipinski definition) is 1. The van der Waals surface area contributed by atoms with Crippen LogP contribution < -0.4 is 5.32 Å². The molecule has 1 aromatic carbocycles. The first-order valence-corrected chi connectivity index (χ1v) is 9.23. The smallest absolute Gasteiger partial charge is 0.376 e. The van der Waals surface area contributed by atoms with Crippen molar-refractivity contribution in [2.45, 2.75) is 12.3 Å². The van der Waals surface area contributed by atoms with Gasteiger partial charge in [-0.3, -0.25) is 0 Å². The summed E-state index contributed by atoms with van der Waals surface area (Å²) in [7, 11) is 0. The molecule has 4 rings (SSSR count). The first-order chi connectivity index (χ1) is 13.5. The highest BCUT2D eigenvalue weighted by Crippen LogP contribution is 2.33. The Labute approximate surface area is 162 Å². The molecule has 0 bridgehead atoms. The van der Waals surface area contributed by atoms with E-state index in [0.717, 1.165) is 27.7 Å². The lowest BCUT2D eigenvalue weighted by Gasteiger charge is -2.20. The van der Waals surface area contributed by atoms with Crippen molar-refractivity contribution in [3.05, 3.63) is 53.4 Å². The lowest BCUT2D eigenvalue weighted by molar-refractivity contribution is -0.141. The number of nitrogens with zero attached hydrogens (tertiary/aromatic N) is 3. The number of rotatable bonds is 4. The van der Waals surface area contributed by atoms with E-state index in [1.54, 1.807) is 24.4 Å². The van der Waals surface area contributed by atoms with Crippen LogP contribution in [0.15, 0.2) is 42.7 Å². The minimum atomic E-state index is -4.52. The van der Waals surface area contributed by atoms with Crippen LogP contribution in [0.1, 0.15) is 16.8 Å². The van der Waals surface area contributed by atoms with Crippen LogP contribution in [0.3, 0.4) is 0 Å². The molecule has 6 nitrogen and oxygen atoms in total. The van der Waals surface area contributed by atoms with E-state index in [1.165, 1.54) is 11.3 Å². The van der Waals surface area contributed by atoms with Crippen LogP contribution in [0, 0.1) is 0 Å². The second-order valence-corrected chi connectivity index (χ2v) is 7.03. The van der Waals surface area contributed by atoms with Gasteiger partial charge in [-0.25, -0.2) is 15.0 Å². The third-order valence-corrected chi connectivity index (χ3v) is 5.10. The molecule has 1 unspecified atom stereocenters. The highest BCUT2D eigenvalue weighted by molar-refractivity contribution is 7.15. The van der Waals surface area contributed by atoms with Crippen molar-refractivity contribution in [2.24, 2.45) is 0 Å². The quantitative estimate of drug-likeness (QED) is 0.688. The van der Waals surface area contributed by atoms with Crippen LogP contribution in [0.4, 0.5) is 24.8 Å². The molecule has 1 aliphatic heterocycles. The highest BCUT2D eigenvalue weighted by atomic mass is 32.1. The summed E-state index contributed by atoms with van der Waals surface area (Å²) in [5, 5.41) is 3.64. The SMILES string of the molecule is FC(F)(F)c1ccnc(Nc2cccc(-c3cnc(C4COCCO4)s3)c2)n1. The van der Waals surface area contributed by atoms with Gasteiger partial charge in [-0.1, -0.05) is 12.1 Å². The molecule has 10 heteroatoms. The molecule has 146 valence electrons. The topological polar surface area (TPSA) is 69.2 Å². The number of hydrogen-bond acceptors (Lipinski definition) is 7. The number of thiazole rings is 1. The number of halogens is 3. The molecule has 1 saturated heterocycles. The third kappa shape index (κ3) is 4.29. The molecule has 1 N–H and O–H groups in total. The molecular weight excluding hydrogens is 393 g/mol. The fourth-order valence-electron chi connectivity index (χ4n) is 2.66. The largest absolute Gasteiger partial charge is 0.433 e. The average molecular weight is 408 g/mol. The minimum Gasteiger partial charge on any atom is -0.376 e. The van der Waals surface area contributed by atoms with E-state index in [2.05, 4.69) is 20.3 Å². The van der Waals surface area contributed by atoms with Gasteiger partial charge in [0.2, 0.25) is 5.95 Å². The Bertz CT molecular complexity index is 958. The molecule has 1 fully saturated rings. The molecular formula is C18H15F3N4O2S. The van der Waals surface area contributed by atoms with Crippen molar-refractivity contribution in [3.63, 3.8) is 0 Å². The maximum atomic E-state index is 12.8. The molecule has 0 spiro atoms. The van der Waals surface area contributed by atoms with Crippen LogP contribution in [-0.2, 0) is 15.7 Å². The lowest BCUT2D eigenvalue weighted by Crippen LogP contribution is -2.21. The summed E-state index contributed by atoms with van der Waals surface area (Å²) in [5.41, 5.74) is 0.449. The van der Waals surface area contributed by atoms with Gasteiger partial charge in [0.15, 0.2) is 0 Å². The van der Waals surface area contributed by atoms with E-state index in [1.807, 2.05) is 6.07 Å². The van der Waals surface area contributed by atoms with Gasteiger partial charge < -0.3 is 14.8 Å². The van der Waals surface area contributed by atoms with Gasteiger partial charge in [-0.2, -0.15) is 13.2 Å². The first-order valence-electron chi connectivity index (χ1n) is 8.42. The molecule has 0 radical (unpaired) electrons. The van der Waals surface area contributed by atoms with Gasteiger partial charge in [0.05, 0.1) is 24.7 Å². The Kier molecular flexibility index (Phi) is 5.25. The molecule has 28 heavy (non-hydrogen) atoms. The van der Waals surface area contributed by atoms with Gasteiger partial charge in [0, 0.05) is 18.1 Å². The van der Waals surface area contributed by atoms with Crippen molar-refractivity contribution < 1.29 is 22.6 Å². The predicted molar refractivity (Wildman–Crippen MR) is 97.4 cm³/mol. The highest BCUT2D eigenvalue weighted by Gasteiger charge is 2.32. The standard InChI is InChI=1S/C18H15F3N4O2S/c19-18(20,21)15-4-5-22-17(25-15)24-12-3-1-2-11(8-12)14-9-23-16(28-14)13-10-26-6-7-27-13/h1-5,8-9,13H,6-7,10H2,(H,22,24,25). The van der Waals surface area contributed by atoms with E-state index < -0.39 is 11.9 Å². The zero-order chi connectivity index (χ0) is 19.6. The Morgan fingerprint density at radius 3 is 2.82 bits per heavy atom. The summed E-state index contributed by atoms with van der Waals surface area (Å²) in [6, 6.07) is 8.06. The van der Waals surface area contributed by atoms with E-state index in [0.29, 0.717) is 25.5 Å². The van der Waals surface area contributed by atoms with Crippen LogP contribution in [0.5, 0.6) is 0 Å². The summed E-state index contributed by atoms with van der Waals surface area (Å²) in [4.78, 5) is 12.7. The van der Waals surface area contributed by atoms with Crippen LogP contribution in [0.2, 0.25) is 0 Å². The number of ether oxygens (including phenoxy) is 2. The number of anilines is 2. The van der Waals surface area contributed by atoms with Gasteiger partial charge in [0.25, 0.3) is 0 Å². The van der Waals surface area contributed by atoms with Crippen molar-refractivity contribution in [3.8, 4) is 10.4 Å². The number of benzene rings is 1. The molecule has 3 aromatic rings. The van der Waals surface area contributed by atoms with Crippen molar-refractivity contribution in [2.75, 3.05) is 25.1 Å².